The molecule has 0 N–H and O–H groups in total. The van der Waals surface area contributed by atoms with E-state index in [-0.39, 0.29) is 24.0 Å². The van der Waals surface area contributed by atoms with Crippen molar-refractivity contribution in [2.45, 2.75) is 25.8 Å². The predicted octanol–water partition coefficient (Wildman–Crippen LogP) is 3.38. The first kappa shape index (κ1) is 22.5. The van der Waals surface area contributed by atoms with Gasteiger partial charge in [0, 0.05) is 44.6 Å². The lowest BCUT2D eigenvalue weighted by Gasteiger charge is -2.18. The van der Waals surface area contributed by atoms with E-state index in [9.17, 15) is 14.0 Å². The SMILES string of the molecule is CN(Cc1ccc(N(C)C)cc1)C(=O)COC(=O)c1nn(-c2ccc(F)cc2)c2c1CCC2. The largest absolute Gasteiger partial charge is 0.451 e. The Bertz CT molecular complexity index is 1150. The average molecular weight is 451 g/mol. The molecule has 0 spiro atoms. The van der Waals surface area contributed by atoms with Crippen molar-refractivity contribution in [1.82, 2.24) is 14.7 Å². The summed E-state index contributed by atoms with van der Waals surface area (Å²) in [4.78, 5) is 28.8. The van der Waals surface area contributed by atoms with Crippen LogP contribution in [0.5, 0.6) is 0 Å². The fraction of sp³-hybridized carbons (Fsp3) is 0.320. The Labute approximate surface area is 192 Å². The molecule has 0 radical (unpaired) electrons. The van der Waals surface area contributed by atoms with E-state index >= 15 is 0 Å². The quantitative estimate of drug-likeness (QED) is 0.517. The molecule has 1 heterocycles. The molecule has 3 aromatic rings. The zero-order valence-corrected chi connectivity index (χ0v) is 19.0. The van der Waals surface area contributed by atoms with Gasteiger partial charge in [-0.25, -0.2) is 13.9 Å². The number of hydrogen-bond acceptors (Lipinski definition) is 5. The van der Waals surface area contributed by atoms with Gasteiger partial charge in [-0.2, -0.15) is 5.10 Å². The van der Waals surface area contributed by atoms with Gasteiger partial charge >= 0.3 is 5.97 Å². The van der Waals surface area contributed by atoms with Gasteiger partial charge in [-0.1, -0.05) is 12.1 Å². The maximum Gasteiger partial charge on any atom is 0.359 e. The Morgan fingerprint density at radius 1 is 1.03 bits per heavy atom. The number of carbonyl (C=O) groups is 2. The van der Waals surface area contributed by atoms with E-state index in [1.165, 1.54) is 17.0 Å². The van der Waals surface area contributed by atoms with Crippen LogP contribution in [0.25, 0.3) is 5.69 Å². The summed E-state index contributed by atoms with van der Waals surface area (Å²) in [6, 6.07) is 13.9. The Hall–Kier alpha value is -3.68. The summed E-state index contributed by atoms with van der Waals surface area (Å²) in [5, 5.41) is 4.44. The lowest BCUT2D eigenvalue weighted by Crippen LogP contribution is -2.31. The fourth-order valence-electron chi connectivity index (χ4n) is 3.96. The van der Waals surface area contributed by atoms with Crippen molar-refractivity contribution >= 4 is 17.6 Å². The second-order valence-electron chi connectivity index (χ2n) is 8.40. The highest BCUT2D eigenvalue weighted by Crippen LogP contribution is 2.28. The number of esters is 1. The molecule has 8 heteroatoms. The Morgan fingerprint density at radius 2 is 1.73 bits per heavy atom. The highest BCUT2D eigenvalue weighted by atomic mass is 19.1. The van der Waals surface area contributed by atoms with Gasteiger partial charge in [0.2, 0.25) is 0 Å². The summed E-state index contributed by atoms with van der Waals surface area (Å²) in [6.07, 6.45) is 2.40. The Kier molecular flexibility index (Phi) is 6.44. The number of amides is 1. The predicted molar refractivity (Wildman–Crippen MR) is 123 cm³/mol. The summed E-state index contributed by atoms with van der Waals surface area (Å²) >= 11 is 0. The van der Waals surface area contributed by atoms with E-state index in [2.05, 4.69) is 5.10 Å². The number of nitrogens with zero attached hydrogens (tertiary/aromatic N) is 4. The maximum atomic E-state index is 13.3. The first-order chi connectivity index (χ1) is 15.8. The maximum absolute atomic E-state index is 13.3. The van der Waals surface area contributed by atoms with E-state index in [0.29, 0.717) is 12.2 Å². The second kappa shape index (κ2) is 9.44. The van der Waals surface area contributed by atoms with Crippen LogP contribution in [-0.2, 0) is 28.9 Å². The molecule has 7 nitrogen and oxygen atoms in total. The number of ether oxygens (including phenoxy) is 1. The van der Waals surface area contributed by atoms with Gasteiger partial charge in [-0.15, -0.1) is 0 Å². The first-order valence-corrected chi connectivity index (χ1v) is 10.9. The molecule has 0 fully saturated rings. The number of fused-ring (bicyclic) bond motifs is 1. The van der Waals surface area contributed by atoms with Crippen LogP contribution in [0.2, 0.25) is 0 Å². The number of hydrogen-bond donors (Lipinski definition) is 0. The topological polar surface area (TPSA) is 67.7 Å². The molecule has 1 aliphatic carbocycles. The Balaban J connectivity index is 1.40. The zero-order chi connectivity index (χ0) is 23.5. The lowest BCUT2D eigenvalue weighted by molar-refractivity contribution is -0.133. The number of benzene rings is 2. The van der Waals surface area contributed by atoms with Gasteiger partial charge in [0.25, 0.3) is 5.91 Å². The molecule has 2 aromatic carbocycles. The van der Waals surface area contributed by atoms with Crippen LogP contribution in [-0.4, -0.2) is 54.3 Å². The number of aromatic nitrogens is 2. The summed E-state index contributed by atoms with van der Waals surface area (Å²) in [5.74, 6) is -1.25. The number of rotatable bonds is 7. The van der Waals surface area contributed by atoms with E-state index < -0.39 is 5.97 Å². The van der Waals surface area contributed by atoms with Gasteiger partial charge in [0.15, 0.2) is 12.3 Å². The van der Waals surface area contributed by atoms with Crippen molar-refractivity contribution in [3.63, 3.8) is 0 Å². The van der Waals surface area contributed by atoms with Gasteiger partial charge in [0.05, 0.1) is 5.69 Å². The van der Waals surface area contributed by atoms with Gasteiger partial charge in [-0.3, -0.25) is 4.79 Å². The number of likely N-dealkylation sites (N-methyl/N-ethyl adjacent to an activating group) is 1. The molecule has 1 aliphatic rings. The van der Waals surface area contributed by atoms with Gasteiger partial charge < -0.3 is 14.5 Å². The number of carbonyl (C=O) groups excluding carboxylic acids is 2. The molecule has 0 unspecified atom stereocenters. The molecule has 0 atom stereocenters. The number of halogens is 1. The third-order valence-corrected chi connectivity index (χ3v) is 5.82. The van der Waals surface area contributed by atoms with E-state index in [0.717, 1.165) is 41.8 Å². The van der Waals surface area contributed by atoms with Crippen LogP contribution in [0.1, 0.15) is 33.7 Å². The summed E-state index contributed by atoms with van der Waals surface area (Å²) in [5.41, 5.74) is 4.74. The molecule has 0 saturated carbocycles. The van der Waals surface area contributed by atoms with Crippen molar-refractivity contribution in [2.75, 3.05) is 32.6 Å². The molecular weight excluding hydrogens is 423 g/mol. The van der Waals surface area contributed by atoms with E-state index in [1.807, 2.05) is 43.3 Å². The minimum atomic E-state index is -0.619. The van der Waals surface area contributed by atoms with Gasteiger partial charge in [-0.05, 0) is 61.2 Å². The molecule has 0 aliphatic heterocycles. The van der Waals surface area contributed by atoms with Crippen LogP contribution in [0.15, 0.2) is 48.5 Å². The molecule has 4 rings (SSSR count). The van der Waals surface area contributed by atoms with Crippen molar-refractivity contribution in [3.8, 4) is 5.69 Å². The summed E-state index contributed by atoms with van der Waals surface area (Å²) in [7, 11) is 5.62. The molecule has 0 bridgehead atoms. The average Bonchev–Trinajstić information content (AvgIpc) is 3.41. The standard InChI is InChI=1S/C25H27FN4O3/c1-28(2)19-11-7-17(8-12-19)15-29(3)23(31)16-33-25(32)24-21-5-4-6-22(21)30(27-24)20-13-9-18(26)10-14-20/h7-14H,4-6,15-16H2,1-3H3. The lowest BCUT2D eigenvalue weighted by atomic mass is 10.2. The van der Waals surface area contributed by atoms with Gasteiger partial charge in [0.1, 0.15) is 5.82 Å². The van der Waals surface area contributed by atoms with Crippen LogP contribution in [0.4, 0.5) is 10.1 Å². The van der Waals surface area contributed by atoms with Crippen LogP contribution >= 0.6 is 0 Å². The van der Waals surface area contributed by atoms with Crippen molar-refractivity contribution in [2.24, 2.45) is 0 Å². The fourth-order valence-corrected chi connectivity index (χ4v) is 3.96. The highest BCUT2D eigenvalue weighted by molar-refractivity contribution is 5.91. The minimum absolute atomic E-state index is 0.224. The Morgan fingerprint density at radius 3 is 2.39 bits per heavy atom. The zero-order valence-electron chi connectivity index (χ0n) is 19.0. The smallest absolute Gasteiger partial charge is 0.359 e. The highest BCUT2D eigenvalue weighted by Gasteiger charge is 2.28. The molecule has 172 valence electrons. The van der Waals surface area contributed by atoms with Crippen LogP contribution in [0, 0.1) is 5.82 Å². The van der Waals surface area contributed by atoms with Crippen molar-refractivity contribution < 1.29 is 18.7 Å². The molecule has 0 saturated heterocycles. The monoisotopic (exact) mass is 450 g/mol. The molecule has 1 aromatic heterocycles. The van der Waals surface area contributed by atoms with E-state index in [1.54, 1.807) is 23.9 Å². The third-order valence-electron chi connectivity index (χ3n) is 5.82. The van der Waals surface area contributed by atoms with Crippen LogP contribution < -0.4 is 4.90 Å². The van der Waals surface area contributed by atoms with Crippen molar-refractivity contribution in [3.05, 3.63) is 76.9 Å². The molecular formula is C25H27FN4O3. The van der Waals surface area contributed by atoms with Crippen LogP contribution in [0.3, 0.4) is 0 Å². The summed E-state index contributed by atoms with van der Waals surface area (Å²) in [6.45, 7) is 0.0575. The molecule has 1 amide bonds. The first-order valence-electron chi connectivity index (χ1n) is 10.9. The van der Waals surface area contributed by atoms with Crippen molar-refractivity contribution in [1.29, 1.82) is 0 Å². The minimum Gasteiger partial charge on any atom is -0.451 e. The second-order valence-corrected chi connectivity index (χ2v) is 8.40. The molecule has 33 heavy (non-hydrogen) atoms. The summed E-state index contributed by atoms with van der Waals surface area (Å²) < 4.78 is 20.3. The number of anilines is 1. The third kappa shape index (κ3) is 4.89. The van der Waals surface area contributed by atoms with E-state index in [4.69, 9.17) is 4.74 Å². The normalized spacial score (nSPS) is 12.4.